The Hall–Kier alpha value is -3.62. The second kappa shape index (κ2) is 11.0. The number of ether oxygens (including phenoxy) is 1. The van der Waals surface area contributed by atoms with Crippen LogP contribution in [0.3, 0.4) is 0 Å². The molecule has 172 valence electrons. The molecule has 1 amide bonds. The third-order valence-corrected chi connectivity index (χ3v) is 6.18. The topological polar surface area (TPSA) is 81.4 Å². The van der Waals surface area contributed by atoms with E-state index in [0.717, 1.165) is 28.1 Å². The molecule has 0 atom stereocenters. The number of aromatic nitrogens is 3. The van der Waals surface area contributed by atoms with E-state index in [1.807, 2.05) is 78.2 Å². The first-order valence-corrected chi connectivity index (χ1v) is 11.8. The minimum Gasteiger partial charge on any atom is -0.497 e. The molecule has 0 radical (unpaired) electrons. The highest BCUT2D eigenvalue weighted by atomic mass is 35.5. The molecule has 34 heavy (non-hydrogen) atoms. The lowest BCUT2D eigenvalue weighted by molar-refractivity contribution is -0.118. The van der Waals surface area contributed by atoms with Crippen molar-refractivity contribution in [3.05, 3.63) is 88.9 Å². The van der Waals surface area contributed by atoms with E-state index >= 15 is 0 Å². The number of methoxy groups -OCH3 is 1. The van der Waals surface area contributed by atoms with Crippen LogP contribution >= 0.6 is 23.4 Å². The molecule has 1 aromatic heterocycles. The van der Waals surface area contributed by atoms with Gasteiger partial charge < -0.3 is 4.74 Å². The van der Waals surface area contributed by atoms with Crippen LogP contribution in [0.25, 0.3) is 17.1 Å². The van der Waals surface area contributed by atoms with Crippen LogP contribution in [-0.4, -0.2) is 39.7 Å². The standard InChI is InChI=1S/C25H22ClN5O2S/c1-17-7-9-18(10-8-17)24-29-30-25(31(24)20-11-13-21(33-2)14-12-20)34-16-23(32)28-27-15-19-5-3-4-6-22(19)26/h3-15H,16H2,1-2H3,(H,28,32). The van der Waals surface area contributed by atoms with Gasteiger partial charge in [0, 0.05) is 21.8 Å². The van der Waals surface area contributed by atoms with Crippen LogP contribution in [0.5, 0.6) is 5.75 Å². The smallest absolute Gasteiger partial charge is 0.250 e. The van der Waals surface area contributed by atoms with Gasteiger partial charge in [0.25, 0.3) is 5.91 Å². The van der Waals surface area contributed by atoms with Gasteiger partial charge in [-0.25, -0.2) is 5.43 Å². The van der Waals surface area contributed by atoms with E-state index in [0.29, 0.717) is 16.0 Å². The fraction of sp³-hybridized carbons (Fsp3) is 0.120. The van der Waals surface area contributed by atoms with Gasteiger partial charge in [-0.05, 0) is 37.3 Å². The lowest BCUT2D eigenvalue weighted by Gasteiger charge is -2.11. The molecule has 0 saturated carbocycles. The Kier molecular flexibility index (Phi) is 7.61. The van der Waals surface area contributed by atoms with Crippen LogP contribution in [0.2, 0.25) is 5.02 Å². The molecule has 0 bridgehead atoms. The quantitative estimate of drug-likeness (QED) is 0.209. The normalized spacial score (nSPS) is 11.0. The number of carbonyl (C=O) groups is 1. The summed E-state index contributed by atoms with van der Waals surface area (Å²) in [5.74, 6) is 1.28. The monoisotopic (exact) mass is 491 g/mol. The summed E-state index contributed by atoms with van der Waals surface area (Å²) in [5.41, 5.74) is 6.19. The largest absolute Gasteiger partial charge is 0.497 e. The first-order chi connectivity index (χ1) is 16.5. The predicted molar refractivity (Wildman–Crippen MR) is 136 cm³/mol. The highest BCUT2D eigenvalue weighted by Crippen LogP contribution is 2.29. The molecule has 4 rings (SSSR count). The third-order valence-electron chi connectivity index (χ3n) is 4.90. The van der Waals surface area contributed by atoms with E-state index in [-0.39, 0.29) is 11.7 Å². The number of carbonyl (C=O) groups excluding carboxylic acids is 1. The average Bonchev–Trinajstić information content (AvgIpc) is 3.28. The Labute approximate surface area is 206 Å². The van der Waals surface area contributed by atoms with Crippen molar-refractivity contribution in [1.82, 2.24) is 20.2 Å². The van der Waals surface area contributed by atoms with E-state index in [4.69, 9.17) is 16.3 Å². The number of hydrogen-bond donors (Lipinski definition) is 1. The minimum atomic E-state index is -0.269. The SMILES string of the molecule is COc1ccc(-n2c(SCC(=O)NN=Cc3ccccc3Cl)nnc2-c2ccc(C)cc2)cc1. The second-order valence-corrected chi connectivity index (χ2v) is 8.66. The fourth-order valence-electron chi connectivity index (χ4n) is 3.13. The molecule has 9 heteroatoms. The van der Waals surface area contributed by atoms with Crippen LogP contribution in [0.1, 0.15) is 11.1 Å². The summed E-state index contributed by atoms with van der Waals surface area (Å²) < 4.78 is 7.21. The number of amides is 1. The Morgan fingerprint density at radius 2 is 1.82 bits per heavy atom. The van der Waals surface area contributed by atoms with E-state index in [2.05, 4.69) is 20.7 Å². The average molecular weight is 492 g/mol. The number of aryl methyl sites for hydroxylation is 1. The van der Waals surface area contributed by atoms with Crippen molar-refractivity contribution in [3.8, 4) is 22.8 Å². The Balaban J connectivity index is 1.53. The number of thioether (sulfide) groups is 1. The second-order valence-electron chi connectivity index (χ2n) is 7.31. The molecule has 1 heterocycles. The molecule has 4 aromatic rings. The summed E-state index contributed by atoms with van der Waals surface area (Å²) >= 11 is 7.38. The summed E-state index contributed by atoms with van der Waals surface area (Å²) in [5, 5.41) is 13.9. The van der Waals surface area contributed by atoms with Crippen molar-refractivity contribution >= 4 is 35.5 Å². The zero-order valence-electron chi connectivity index (χ0n) is 18.6. The number of halogens is 1. The van der Waals surface area contributed by atoms with Crippen molar-refractivity contribution in [2.45, 2.75) is 12.1 Å². The molecule has 0 aliphatic rings. The van der Waals surface area contributed by atoms with Crippen LogP contribution in [0.4, 0.5) is 0 Å². The molecule has 0 aliphatic carbocycles. The summed E-state index contributed by atoms with van der Waals surface area (Å²) in [6, 6.07) is 22.9. The maximum absolute atomic E-state index is 12.4. The summed E-state index contributed by atoms with van der Waals surface area (Å²) in [6.07, 6.45) is 1.51. The van der Waals surface area contributed by atoms with Gasteiger partial charge in [0.1, 0.15) is 5.75 Å². The molecule has 1 N–H and O–H groups in total. The summed E-state index contributed by atoms with van der Waals surface area (Å²) in [7, 11) is 1.62. The molecule has 7 nitrogen and oxygen atoms in total. The Morgan fingerprint density at radius 3 is 2.53 bits per heavy atom. The number of nitrogens with zero attached hydrogens (tertiary/aromatic N) is 4. The predicted octanol–water partition coefficient (Wildman–Crippen LogP) is 5.15. The number of benzene rings is 3. The van der Waals surface area contributed by atoms with Crippen LogP contribution in [0.15, 0.2) is 83.1 Å². The molecular formula is C25H22ClN5O2S. The minimum absolute atomic E-state index is 0.113. The first-order valence-electron chi connectivity index (χ1n) is 10.4. The highest BCUT2D eigenvalue weighted by molar-refractivity contribution is 7.99. The van der Waals surface area contributed by atoms with Gasteiger partial charge in [-0.15, -0.1) is 10.2 Å². The summed E-state index contributed by atoms with van der Waals surface area (Å²) in [6.45, 7) is 2.03. The molecule has 0 unspecified atom stereocenters. The molecule has 0 saturated heterocycles. The lowest BCUT2D eigenvalue weighted by Crippen LogP contribution is -2.20. The van der Waals surface area contributed by atoms with E-state index in [9.17, 15) is 4.79 Å². The van der Waals surface area contributed by atoms with Gasteiger partial charge in [0.2, 0.25) is 0 Å². The summed E-state index contributed by atoms with van der Waals surface area (Å²) in [4.78, 5) is 12.4. The third kappa shape index (κ3) is 5.65. The van der Waals surface area contributed by atoms with Gasteiger partial charge >= 0.3 is 0 Å². The maximum atomic E-state index is 12.4. The van der Waals surface area contributed by atoms with Gasteiger partial charge in [-0.1, -0.05) is 71.4 Å². The molecule has 0 spiro atoms. The van der Waals surface area contributed by atoms with Crippen molar-refractivity contribution in [2.75, 3.05) is 12.9 Å². The zero-order valence-corrected chi connectivity index (χ0v) is 20.2. The molecule has 0 fully saturated rings. The molecular weight excluding hydrogens is 470 g/mol. The highest BCUT2D eigenvalue weighted by Gasteiger charge is 2.17. The van der Waals surface area contributed by atoms with Crippen molar-refractivity contribution < 1.29 is 9.53 Å². The van der Waals surface area contributed by atoms with E-state index < -0.39 is 0 Å². The number of rotatable bonds is 8. The Bertz CT molecular complexity index is 1300. The van der Waals surface area contributed by atoms with Crippen molar-refractivity contribution in [3.63, 3.8) is 0 Å². The number of nitrogens with one attached hydrogen (secondary N) is 1. The molecule has 3 aromatic carbocycles. The number of hydrogen-bond acceptors (Lipinski definition) is 6. The van der Waals surface area contributed by atoms with E-state index in [1.54, 1.807) is 13.2 Å². The van der Waals surface area contributed by atoms with Gasteiger partial charge in [-0.2, -0.15) is 5.10 Å². The molecule has 0 aliphatic heterocycles. The lowest BCUT2D eigenvalue weighted by atomic mass is 10.1. The Morgan fingerprint density at radius 1 is 1.09 bits per heavy atom. The fourth-order valence-corrected chi connectivity index (χ4v) is 4.06. The van der Waals surface area contributed by atoms with Crippen molar-refractivity contribution in [1.29, 1.82) is 0 Å². The van der Waals surface area contributed by atoms with Crippen LogP contribution in [-0.2, 0) is 4.79 Å². The first kappa shape index (κ1) is 23.5. The van der Waals surface area contributed by atoms with Crippen molar-refractivity contribution in [2.24, 2.45) is 5.10 Å². The van der Waals surface area contributed by atoms with Crippen LogP contribution < -0.4 is 10.2 Å². The zero-order chi connectivity index (χ0) is 23.9. The maximum Gasteiger partial charge on any atom is 0.250 e. The number of hydrazone groups is 1. The van der Waals surface area contributed by atoms with Gasteiger partial charge in [-0.3, -0.25) is 9.36 Å². The van der Waals surface area contributed by atoms with Gasteiger partial charge in [0.05, 0.1) is 19.1 Å². The van der Waals surface area contributed by atoms with Gasteiger partial charge in [0.15, 0.2) is 11.0 Å². The van der Waals surface area contributed by atoms with E-state index in [1.165, 1.54) is 18.0 Å². The van der Waals surface area contributed by atoms with Crippen LogP contribution in [0, 0.1) is 6.92 Å².